The Morgan fingerprint density at radius 1 is 1.09 bits per heavy atom. The first-order chi connectivity index (χ1) is 15.1. The molecule has 0 bridgehead atoms. The van der Waals surface area contributed by atoms with Crippen molar-refractivity contribution in [1.29, 1.82) is 0 Å². The molecule has 178 valence electrons. The van der Waals surface area contributed by atoms with Gasteiger partial charge >= 0.3 is 5.97 Å². The van der Waals surface area contributed by atoms with Gasteiger partial charge in [0.15, 0.2) is 0 Å². The number of ether oxygens (including phenoxy) is 1. The summed E-state index contributed by atoms with van der Waals surface area (Å²) < 4.78 is 5.61. The van der Waals surface area contributed by atoms with Crippen LogP contribution in [0.3, 0.4) is 0 Å². The molecule has 0 aromatic heterocycles. The van der Waals surface area contributed by atoms with Gasteiger partial charge in [-0.25, -0.2) is 0 Å². The third-order valence-electron chi connectivity index (χ3n) is 10.3. The Kier molecular flexibility index (Phi) is 6.56. The van der Waals surface area contributed by atoms with Crippen LogP contribution in [0, 0.1) is 46.3 Å². The maximum atomic E-state index is 11.5. The van der Waals surface area contributed by atoms with Gasteiger partial charge in [-0.2, -0.15) is 0 Å². The highest BCUT2D eigenvalue weighted by Gasteiger charge is 2.54. The summed E-state index contributed by atoms with van der Waals surface area (Å²) in [6, 6.07) is 0. The second-order valence-electron chi connectivity index (χ2n) is 12.4. The van der Waals surface area contributed by atoms with E-state index in [0.717, 1.165) is 18.8 Å². The molecule has 2 saturated carbocycles. The van der Waals surface area contributed by atoms with Crippen molar-refractivity contribution in [3.8, 4) is 0 Å². The van der Waals surface area contributed by atoms with E-state index in [9.17, 15) is 4.79 Å². The molecule has 0 N–H and O–H groups in total. The Bertz CT molecular complexity index is 817. The van der Waals surface area contributed by atoms with E-state index in [2.05, 4.69) is 65.8 Å². The Hall–Kier alpha value is -1.31. The van der Waals surface area contributed by atoms with E-state index in [1.54, 1.807) is 18.1 Å². The third kappa shape index (κ3) is 4.05. The van der Waals surface area contributed by atoms with Crippen molar-refractivity contribution in [1.82, 2.24) is 0 Å². The zero-order valence-electron chi connectivity index (χ0n) is 21.6. The van der Waals surface area contributed by atoms with Gasteiger partial charge < -0.3 is 4.74 Å². The van der Waals surface area contributed by atoms with Crippen molar-refractivity contribution in [3.63, 3.8) is 0 Å². The van der Waals surface area contributed by atoms with E-state index in [1.807, 2.05) is 0 Å². The molecule has 0 aromatic carbocycles. The van der Waals surface area contributed by atoms with Crippen molar-refractivity contribution in [2.45, 2.75) is 99.5 Å². The Morgan fingerprint density at radius 3 is 2.53 bits per heavy atom. The summed E-state index contributed by atoms with van der Waals surface area (Å²) in [7, 11) is 0. The molecule has 4 aliphatic rings. The molecule has 8 unspecified atom stereocenters. The van der Waals surface area contributed by atoms with E-state index < -0.39 is 0 Å². The van der Waals surface area contributed by atoms with Crippen LogP contribution in [0.5, 0.6) is 0 Å². The summed E-state index contributed by atoms with van der Waals surface area (Å²) in [5.41, 5.74) is 4.16. The van der Waals surface area contributed by atoms with Gasteiger partial charge in [-0.3, -0.25) is 4.79 Å². The average Bonchev–Trinajstić information content (AvgIpc) is 3.08. The summed E-state index contributed by atoms with van der Waals surface area (Å²) in [6.07, 6.45) is 18.6. The fraction of sp³-hybridized carbons (Fsp3) is 0.767. The minimum atomic E-state index is -0.127. The van der Waals surface area contributed by atoms with Crippen LogP contribution in [0.25, 0.3) is 0 Å². The zero-order chi connectivity index (χ0) is 23.3. The minimum Gasteiger partial charge on any atom is -0.463 e. The highest BCUT2D eigenvalue weighted by atomic mass is 16.5. The van der Waals surface area contributed by atoms with E-state index in [4.69, 9.17) is 4.74 Å². The number of carbonyl (C=O) groups is 1. The molecule has 0 aromatic rings. The lowest BCUT2D eigenvalue weighted by molar-refractivity contribution is -0.150. The van der Waals surface area contributed by atoms with Crippen LogP contribution in [0.4, 0.5) is 0 Å². The van der Waals surface area contributed by atoms with Gasteiger partial charge in [0.05, 0.1) is 0 Å². The molecule has 4 rings (SSSR count). The summed E-state index contributed by atoms with van der Waals surface area (Å²) in [5, 5.41) is 0. The predicted molar refractivity (Wildman–Crippen MR) is 133 cm³/mol. The van der Waals surface area contributed by atoms with Gasteiger partial charge in [0.1, 0.15) is 6.10 Å². The highest BCUT2D eigenvalue weighted by Crippen LogP contribution is 2.64. The molecule has 2 nitrogen and oxygen atoms in total. The number of allylic oxidation sites excluding steroid dienone is 6. The summed E-state index contributed by atoms with van der Waals surface area (Å²) in [6.45, 7) is 16.1. The van der Waals surface area contributed by atoms with Gasteiger partial charge in [-0.15, -0.1) is 0 Å². The van der Waals surface area contributed by atoms with Gasteiger partial charge in [0, 0.05) is 6.92 Å². The molecule has 2 heteroatoms. The number of carbonyl (C=O) groups excluding carboxylic acids is 1. The van der Waals surface area contributed by atoms with Crippen molar-refractivity contribution < 1.29 is 9.53 Å². The Balaban J connectivity index is 1.57. The average molecular weight is 439 g/mol. The monoisotopic (exact) mass is 438 g/mol. The van der Waals surface area contributed by atoms with E-state index >= 15 is 0 Å². The first-order valence-corrected chi connectivity index (χ1v) is 13.3. The van der Waals surface area contributed by atoms with Crippen molar-refractivity contribution in [2.24, 2.45) is 46.3 Å². The van der Waals surface area contributed by atoms with E-state index in [1.165, 1.54) is 32.1 Å². The summed E-state index contributed by atoms with van der Waals surface area (Å²) in [5.74, 6) is 3.87. The standard InChI is InChI=1S/C30H46O2/c1-19(2)20(3)8-9-21(4)26-12-13-27-25-11-10-23-18-24(32-22(5)31)14-16-29(23,6)28(25)15-17-30(26,27)7/h8-11,19-21,23-24,26,28H,12-18H2,1-7H3/b9-8+. The Morgan fingerprint density at radius 2 is 1.84 bits per heavy atom. The number of esters is 1. The molecule has 0 heterocycles. The van der Waals surface area contributed by atoms with E-state index in [0.29, 0.717) is 40.4 Å². The van der Waals surface area contributed by atoms with Crippen LogP contribution < -0.4 is 0 Å². The maximum absolute atomic E-state index is 11.5. The molecular weight excluding hydrogens is 392 g/mol. The lowest BCUT2D eigenvalue weighted by Gasteiger charge is -2.54. The fourth-order valence-corrected chi connectivity index (χ4v) is 7.82. The molecule has 0 aliphatic heterocycles. The molecule has 4 aliphatic carbocycles. The van der Waals surface area contributed by atoms with Gasteiger partial charge in [-0.05, 0) is 96.9 Å². The predicted octanol–water partition coefficient (Wildman–Crippen LogP) is 7.90. The van der Waals surface area contributed by atoms with Crippen LogP contribution >= 0.6 is 0 Å². The number of rotatable bonds is 5. The molecule has 0 spiro atoms. The topological polar surface area (TPSA) is 26.3 Å². The van der Waals surface area contributed by atoms with Gasteiger partial charge in [0.2, 0.25) is 0 Å². The van der Waals surface area contributed by atoms with Crippen LogP contribution in [0.15, 0.2) is 35.5 Å². The SMILES string of the molecule is CC(=O)OC1CCC2(C)C(C=CC3=C4CCC(C(C)/C=C/C(C)C(C)C)C4(C)CCC32)C1. The molecule has 32 heavy (non-hydrogen) atoms. The minimum absolute atomic E-state index is 0.106. The van der Waals surface area contributed by atoms with Crippen LogP contribution in [-0.2, 0) is 9.53 Å². The molecule has 0 radical (unpaired) electrons. The molecule has 2 fully saturated rings. The number of hydrogen-bond donors (Lipinski definition) is 0. The van der Waals surface area contributed by atoms with Gasteiger partial charge in [0.25, 0.3) is 0 Å². The number of hydrogen-bond acceptors (Lipinski definition) is 2. The summed E-state index contributed by atoms with van der Waals surface area (Å²) >= 11 is 0. The van der Waals surface area contributed by atoms with Crippen LogP contribution in [-0.4, -0.2) is 12.1 Å². The second-order valence-corrected chi connectivity index (χ2v) is 12.4. The second kappa shape index (κ2) is 8.80. The van der Waals surface area contributed by atoms with Crippen LogP contribution in [0.1, 0.15) is 93.4 Å². The summed E-state index contributed by atoms with van der Waals surface area (Å²) in [4.78, 5) is 11.5. The fourth-order valence-electron chi connectivity index (χ4n) is 7.82. The maximum Gasteiger partial charge on any atom is 0.302 e. The molecule has 0 saturated heterocycles. The lowest BCUT2D eigenvalue weighted by atomic mass is 9.50. The third-order valence-corrected chi connectivity index (χ3v) is 10.3. The van der Waals surface area contributed by atoms with Crippen molar-refractivity contribution in [2.75, 3.05) is 0 Å². The van der Waals surface area contributed by atoms with Crippen molar-refractivity contribution >= 4 is 5.97 Å². The normalized spacial score (nSPS) is 40.8. The first-order valence-electron chi connectivity index (χ1n) is 13.3. The molecule has 8 atom stereocenters. The van der Waals surface area contributed by atoms with Crippen LogP contribution in [0.2, 0.25) is 0 Å². The Labute approximate surface area is 197 Å². The molecule has 0 amide bonds. The largest absolute Gasteiger partial charge is 0.463 e. The first kappa shape index (κ1) is 23.8. The number of fused-ring (bicyclic) bond motifs is 4. The van der Waals surface area contributed by atoms with Gasteiger partial charge in [-0.1, -0.05) is 71.4 Å². The molecular formula is C30H46O2. The van der Waals surface area contributed by atoms with E-state index in [-0.39, 0.29) is 12.1 Å². The quantitative estimate of drug-likeness (QED) is 0.322. The lowest BCUT2D eigenvalue weighted by Crippen LogP contribution is -2.47. The van der Waals surface area contributed by atoms with Crippen molar-refractivity contribution in [3.05, 3.63) is 35.5 Å². The highest BCUT2D eigenvalue weighted by molar-refractivity contribution is 5.66. The smallest absolute Gasteiger partial charge is 0.302 e. The zero-order valence-corrected chi connectivity index (χ0v) is 21.6.